The fraction of sp³-hybridized carbons (Fsp3) is 0.240. The molecule has 2 atom stereocenters. The molecule has 4 nitrogen and oxygen atoms in total. The van der Waals surface area contributed by atoms with Gasteiger partial charge in [0.2, 0.25) is 0 Å². The van der Waals surface area contributed by atoms with Gasteiger partial charge in [0, 0.05) is 12.1 Å². The van der Waals surface area contributed by atoms with Crippen LogP contribution >= 0.6 is 0 Å². The molecule has 0 bridgehead atoms. The summed E-state index contributed by atoms with van der Waals surface area (Å²) in [4.78, 5) is 12.2. The second-order valence-corrected chi connectivity index (χ2v) is 7.58. The number of rotatable bonds is 6. The average Bonchev–Trinajstić information content (AvgIpc) is 3.19. The van der Waals surface area contributed by atoms with Gasteiger partial charge in [0.1, 0.15) is 12.4 Å². The van der Waals surface area contributed by atoms with Gasteiger partial charge in [-0.15, -0.1) is 0 Å². The molecule has 1 saturated heterocycles. The molecule has 0 unspecified atom stereocenters. The summed E-state index contributed by atoms with van der Waals surface area (Å²) < 4.78 is 18.9. The number of halogens is 1. The van der Waals surface area contributed by atoms with E-state index in [-0.39, 0.29) is 24.5 Å². The van der Waals surface area contributed by atoms with Crippen LogP contribution in [0.25, 0.3) is 11.1 Å². The van der Waals surface area contributed by atoms with Gasteiger partial charge in [0.15, 0.2) is 0 Å². The smallest absolute Gasteiger partial charge is 0.407 e. The maximum Gasteiger partial charge on any atom is 0.407 e. The van der Waals surface area contributed by atoms with Crippen molar-refractivity contribution in [1.82, 2.24) is 10.6 Å². The van der Waals surface area contributed by atoms with E-state index in [0.29, 0.717) is 0 Å². The summed E-state index contributed by atoms with van der Waals surface area (Å²) in [6.07, 6.45) is 1.23. The van der Waals surface area contributed by atoms with Crippen molar-refractivity contribution < 1.29 is 13.9 Å². The number of carbonyl (C=O) groups excluding carboxylic acids is 1. The molecule has 4 rings (SSSR count). The highest BCUT2D eigenvalue weighted by Gasteiger charge is 2.28. The molecule has 0 spiro atoms. The van der Waals surface area contributed by atoms with Crippen LogP contribution in [0.1, 0.15) is 17.5 Å². The predicted molar refractivity (Wildman–Crippen MR) is 115 cm³/mol. The zero-order valence-corrected chi connectivity index (χ0v) is 16.7. The number of amides is 1. The largest absolute Gasteiger partial charge is 0.445 e. The van der Waals surface area contributed by atoms with E-state index in [4.69, 9.17) is 4.74 Å². The van der Waals surface area contributed by atoms with E-state index >= 15 is 0 Å². The number of benzene rings is 3. The lowest BCUT2D eigenvalue weighted by Crippen LogP contribution is -2.44. The summed E-state index contributed by atoms with van der Waals surface area (Å²) in [7, 11) is 0. The van der Waals surface area contributed by atoms with Crippen molar-refractivity contribution >= 4 is 6.09 Å². The van der Waals surface area contributed by atoms with E-state index in [2.05, 4.69) is 22.8 Å². The van der Waals surface area contributed by atoms with Crippen LogP contribution in [-0.4, -0.2) is 24.7 Å². The molecule has 2 N–H and O–H groups in total. The number of hydrogen-bond donors (Lipinski definition) is 2. The fourth-order valence-electron chi connectivity index (χ4n) is 3.87. The Balaban J connectivity index is 1.36. The zero-order valence-electron chi connectivity index (χ0n) is 16.7. The second kappa shape index (κ2) is 9.55. The van der Waals surface area contributed by atoms with Crippen molar-refractivity contribution in [1.29, 1.82) is 0 Å². The first-order chi connectivity index (χ1) is 14.7. The Hall–Kier alpha value is -3.18. The number of hydrogen-bond acceptors (Lipinski definition) is 3. The molecule has 1 amide bonds. The molecule has 0 saturated carbocycles. The molecule has 0 aromatic heterocycles. The molecule has 0 radical (unpaired) electrons. The third-order valence-electron chi connectivity index (χ3n) is 5.40. The monoisotopic (exact) mass is 404 g/mol. The predicted octanol–water partition coefficient (Wildman–Crippen LogP) is 4.69. The maximum absolute atomic E-state index is 13.6. The summed E-state index contributed by atoms with van der Waals surface area (Å²) in [6, 6.07) is 24.5. The minimum absolute atomic E-state index is 0.00565. The van der Waals surface area contributed by atoms with Crippen molar-refractivity contribution in [3.63, 3.8) is 0 Å². The molecule has 1 heterocycles. The van der Waals surface area contributed by atoms with Crippen LogP contribution in [0.5, 0.6) is 0 Å². The van der Waals surface area contributed by atoms with Crippen molar-refractivity contribution in [2.24, 2.45) is 0 Å². The van der Waals surface area contributed by atoms with E-state index in [0.717, 1.165) is 41.6 Å². The van der Waals surface area contributed by atoms with Crippen LogP contribution in [0.4, 0.5) is 9.18 Å². The maximum atomic E-state index is 13.6. The zero-order chi connectivity index (χ0) is 20.8. The molecular weight excluding hydrogens is 379 g/mol. The number of nitrogens with one attached hydrogen (secondary N) is 2. The second-order valence-electron chi connectivity index (χ2n) is 7.58. The van der Waals surface area contributed by atoms with E-state index in [1.54, 1.807) is 12.1 Å². The average molecular weight is 404 g/mol. The first kappa shape index (κ1) is 20.1. The van der Waals surface area contributed by atoms with Gasteiger partial charge in [-0.1, -0.05) is 66.7 Å². The lowest BCUT2D eigenvalue weighted by Gasteiger charge is -2.21. The Labute approximate surface area is 176 Å². The summed E-state index contributed by atoms with van der Waals surface area (Å²) >= 11 is 0. The van der Waals surface area contributed by atoms with Crippen LogP contribution in [-0.2, 0) is 17.8 Å². The Kier molecular flexibility index (Phi) is 6.40. The van der Waals surface area contributed by atoms with Gasteiger partial charge >= 0.3 is 6.09 Å². The van der Waals surface area contributed by atoms with Crippen LogP contribution in [0, 0.1) is 5.82 Å². The molecule has 3 aromatic rings. The molecule has 1 aliphatic rings. The normalized spacial score (nSPS) is 18.2. The molecular formula is C25H25FN2O2. The van der Waals surface area contributed by atoms with E-state index in [9.17, 15) is 9.18 Å². The van der Waals surface area contributed by atoms with Gasteiger partial charge in [-0.05, 0) is 53.8 Å². The minimum atomic E-state index is -0.397. The Morgan fingerprint density at radius 1 is 0.967 bits per heavy atom. The highest BCUT2D eigenvalue weighted by atomic mass is 19.1. The molecule has 30 heavy (non-hydrogen) atoms. The van der Waals surface area contributed by atoms with Crippen molar-refractivity contribution in [3.8, 4) is 11.1 Å². The van der Waals surface area contributed by atoms with Gasteiger partial charge in [-0.3, -0.25) is 0 Å². The third kappa shape index (κ3) is 5.24. The quantitative estimate of drug-likeness (QED) is 0.627. The highest BCUT2D eigenvalue weighted by Crippen LogP contribution is 2.23. The minimum Gasteiger partial charge on any atom is -0.445 e. The summed E-state index contributed by atoms with van der Waals surface area (Å²) in [5, 5.41) is 6.47. The van der Waals surface area contributed by atoms with Gasteiger partial charge in [0.25, 0.3) is 0 Å². The van der Waals surface area contributed by atoms with Crippen molar-refractivity contribution in [3.05, 3.63) is 95.8 Å². The summed E-state index contributed by atoms with van der Waals surface area (Å²) in [5.41, 5.74) is 3.94. The van der Waals surface area contributed by atoms with Crippen LogP contribution < -0.4 is 10.6 Å². The lowest BCUT2D eigenvalue weighted by molar-refractivity contribution is 0.134. The topological polar surface area (TPSA) is 50.4 Å². The molecule has 154 valence electrons. The molecule has 3 aromatic carbocycles. The van der Waals surface area contributed by atoms with Crippen LogP contribution in [0.15, 0.2) is 78.9 Å². The van der Waals surface area contributed by atoms with Crippen LogP contribution in [0.3, 0.4) is 0 Å². The van der Waals surface area contributed by atoms with E-state index in [1.165, 1.54) is 6.07 Å². The number of carbonyl (C=O) groups is 1. The first-order valence-corrected chi connectivity index (χ1v) is 10.2. The van der Waals surface area contributed by atoms with Gasteiger partial charge < -0.3 is 15.4 Å². The molecule has 1 fully saturated rings. The van der Waals surface area contributed by atoms with Crippen molar-refractivity contribution in [2.75, 3.05) is 6.54 Å². The lowest BCUT2D eigenvalue weighted by atomic mass is 9.97. The number of ether oxygens (including phenoxy) is 1. The molecule has 1 aliphatic heterocycles. The summed E-state index contributed by atoms with van der Waals surface area (Å²) in [6.45, 7) is 1.10. The highest BCUT2D eigenvalue weighted by molar-refractivity contribution is 5.68. The van der Waals surface area contributed by atoms with Gasteiger partial charge in [-0.2, -0.15) is 0 Å². The molecule has 0 aliphatic carbocycles. The standard InChI is InChI=1S/C25H25FN2O2/c26-22-11-5-10-21(16-22)20-9-4-8-19(14-20)15-24-23(12-13-27-24)28-25(29)30-17-18-6-2-1-3-7-18/h1-11,14,16,23-24,27H,12-13,15,17H2,(H,28,29)/t23-,24-/m0/s1. The third-order valence-corrected chi connectivity index (χ3v) is 5.40. The molecule has 5 heteroatoms. The van der Waals surface area contributed by atoms with E-state index < -0.39 is 6.09 Å². The summed E-state index contributed by atoms with van der Waals surface area (Å²) in [5.74, 6) is -0.242. The Morgan fingerprint density at radius 2 is 1.70 bits per heavy atom. The van der Waals surface area contributed by atoms with Gasteiger partial charge in [0.05, 0.1) is 0 Å². The SMILES string of the molecule is O=C(N[C@H]1CCN[C@H]1Cc1cccc(-c2cccc(F)c2)c1)OCc1ccccc1. The van der Waals surface area contributed by atoms with E-state index in [1.807, 2.05) is 48.5 Å². The van der Waals surface area contributed by atoms with Crippen molar-refractivity contribution in [2.45, 2.75) is 31.5 Å². The first-order valence-electron chi connectivity index (χ1n) is 10.2. The fourth-order valence-corrected chi connectivity index (χ4v) is 3.87. The Bertz CT molecular complexity index is 993. The van der Waals surface area contributed by atoms with Gasteiger partial charge in [-0.25, -0.2) is 9.18 Å². The Morgan fingerprint density at radius 3 is 2.50 bits per heavy atom. The van der Waals surface area contributed by atoms with Crippen LogP contribution in [0.2, 0.25) is 0 Å². The number of alkyl carbamates (subject to hydrolysis) is 1.